The highest BCUT2D eigenvalue weighted by atomic mass is 35.5. The van der Waals surface area contributed by atoms with Crippen LogP contribution < -0.4 is 10.6 Å². The van der Waals surface area contributed by atoms with E-state index in [1.807, 2.05) is 0 Å². The molecule has 2 aromatic carbocycles. The summed E-state index contributed by atoms with van der Waals surface area (Å²) in [6.07, 6.45) is 0.516. The van der Waals surface area contributed by atoms with Crippen LogP contribution in [0.2, 0.25) is 5.02 Å². The Morgan fingerprint density at radius 3 is 2.57 bits per heavy atom. The molecule has 4 nitrogen and oxygen atoms in total. The van der Waals surface area contributed by atoms with Crippen LogP contribution in [-0.4, -0.2) is 24.9 Å². The Labute approximate surface area is 138 Å². The highest BCUT2D eigenvalue weighted by Crippen LogP contribution is 2.14. The van der Waals surface area contributed by atoms with Gasteiger partial charge in [0.1, 0.15) is 5.82 Å². The molecular weight excluding hydrogens is 319 g/mol. The number of carbonyl (C=O) groups excluding carboxylic acids is 2. The normalized spacial score (nSPS) is 10.2. The molecular formula is C17H16ClFN2O2. The summed E-state index contributed by atoms with van der Waals surface area (Å²) in [6.45, 7) is 0.220. The number of rotatable bonds is 6. The fourth-order valence-electron chi connectivity index (χ4n) is 2.00. The van der Waals surface area contributed by atoms with Crippen LogP contribution >= 0.6 is 11.6 Å². The first-order valence-electron chi connectivity index (χ1n) is 7.10. The second-order valence-electron chi connectivity index (χ2n) is 4.89. The Bertz CT molecular complexity index is 706. The summed E-state index contributed by atoms with van der Waals surface area (Å²) in [6, 6.07) is 12.8. The third-order valence-corrected chi connectivity index (χ3v) is 3.48. The zero-order valence-corrected chi connectivity index (χ0v) is 13.1. The van der Waals surface area contributed by atoms with E-state index in [-0.39, 0.29) is 18.3 Å². The standard InChI is InChI=1S/C17H16ClFN2O2/c18-15-7-2-1-6-14(15)17(23)21-11-16(22)20-9-8-12-4-3-5-13(19)10-12/h1-7,10H,8-9,11H2,(H,20,22)(H,21,23). The summed E-state index contributed by atoms with van der Waals surface area (Å²) < 4.78 is 13.0. The van der Waals surface area contributed by atoms with E-state index in [1.165, 1.54) is 12.1 Å². The zero-order chi connectivity index (χ0) is 16.7. The van der Waals surface area contributed by atoms with Crippen molar-refractivity contribution < 1.29 is 14.0 Å². The van der Waals surface area contributed by atoms with Crippen LogP contribution in [0.4, 0.5) is 4.39 Å². The fraction of sp³-hybridized carbons (Fsp3) is 0.176. The van der Waals surface area contributed by atoms with Crippen LogP contribution in [0.1, 0.15) is 15.9 Å². The van der Waals surface area contributed by atoms with E-state index < -0.39 is 5.91 Å². The third kappa shape index (κ3) is 5.38. The van der Waals surface area contributed by atoms with Crippen molar-refractivity contribution in [3.05, 3.63) is 70.5 Å². The zero-order valence-electron chi connectivity index (χ0n) is 12.3. The molecule has 6 heteroatoms. The summed E-state index contributed by atoms with van der Waals surface area (Å²) in [4.78, 5) is 23.6. The third-order valence-electron chi connectivity index (χ3n) is 3.15. The molecule has 2 amide bonds. The minimum Gasteiger partial charge on any atom is -0.354 e. The lowest BCUT2D eigenvalue weighted by Gasteiger charge is -2.08. The van der Waals surface area contributed by atoms with Gasteiger partial charge in [-0.1, -0.05) is 35.9 Å². The van der Waals surface area contributed by atoms with Gasteiger partial charge < -0.3 is 10.6 Å². The molecule has 2 N–H and O–H groups in total. The summed E-state index contributed by atoms with van der Waals surface area (Å²) >= 11 is 5.91. The first-order valence-corrected chi connectivity index (χ1v) is 7.48. The van der Waals surface area contributed by atoms with Crippen LogP contribution in [-0.2, 0) is 11.2 Å². The Kier molecular flexibility index (Phi) is 6.11. The molecule has 0 fully saturated rings. The van der Waals surface area contributed by atoms with Crippen molar-refractivity contribution >= 4 is 23.4 Å². The maximum atomic E-state index is 13.0. The molecule has 0 aliphatic heterocycles. The predicted molar refractivity (Wildman–Crippen MR) is 86.9 cm³/mol. The van der Waals surface area contributed by atoms with Crippen LogP contribution in [0.3, 0.4) is 0 Å². The average molecular weight is 335 g/mol. The summed E-state index contributed by atoms with van der Waals surface area (Å²) in [5.41, 5.74) is 1.12. The van der Waals surface area contributed by atoms with Gasteiger partial charge in [0.25, 0.3) is 5.91 Å². The van der Waals surface area contributed by atoms with Crippen LogP contribution in [0.15, 0.2) is 48.5 Å². The Morgan fingerprint density at radius 1 is 1.04 bits per heavy atom. The second-order valence-corrected chi connectivity index (χ2v) is 5.30. The first kappa shape index (κ1) is 17.0. The van der Waals surface area contributed by atoms with Crippen LogP contribution in [0.5, 0.6) is 0 Å². The van der Waals surface area contributed by atoms with Crippen molar-refractivity contribution in [3.63, 3.8) is 0 Å². The summed E-state index contributed by atoms with van der Waals surface area (Å²) in [5, 5.41) is 5.49. The second kappa shape index (κ2) is 8.29. The topological polar surface area (TPSA) is 58.2 Å². The Morgan fingerprint density at radius 2 is 1.83 bits per heavy atom. The highest BCUT2D eigenvalue weighted by Gasteiger charge is 2.10. The molecule has 2 rings (SSSR count). The molecule has 0 saturated heterocycles. The maximum Gasteiger partial charge on any atom is 0.253 e. The average Bonchev–Trinajstić information content (AvgIpc) is 2.53. The Hall–Kier alpha value is -2.40. The number of hydrogen-bond acceptors (Lipinski definition) is 2. The lowest BCUT2D eigenvalue weighted by Crippen LogP contribution is -2.37. The van der Waals surface area contributed by atoms with Crippen molar-refractivity contribution in [2.45, 2.75) is 6.42 Å². The van der Waals surface area contributed by atoms with Gasteiger partial charge in [-0.25, -0.2) is 4.39 Å². The number of benzene rings is 2. The number of amides is 2. The quantitative estimate of drug-likeness (QED) is 0.853. The van der Waals surface area contributed by atoms with E-state index in [0.717, 1.165) is 5.56 Å². The molecule has 23 heavy (non-hydrogen) atoms. The minimum atomic E-state index is -0.407. The maximum absolute atomic E-state index is 13.0. The van der Waals surface area contributed by atoms with Crippen molar-refractivity contribution in [2.75, 3.05) is 13.1 Å². The van der Waals surface area contributed by atoms with Crippen LogP contribution in [0.25, 0.3) is 0 Å². The number of halogens is 2. The molecule has 0 aliphatic rings. The van der Waals surface area contributed by atoms with Crippen molar-refractivity contribution in [3.8, 4) is 0 Å². The SMILES string of the molecule is O=C(CNC(=O)c1ccccc1Cl)NCCc1cccc(F)c1. The van der Waals surface area contributed by atoms with Gasteiger partial charge in [-0.2, -0.15) is 0 Å². The molecule has 0 atom stereocenters. The molecule has 0 saturated carbocycles. The molecule has 0 aromatic heterocycles. The van der Waals surface area contributed by atoms with Gasteiger partial charge in [0.2, 0.25) is 5.91 Å². The highest BCUT2D eigenvalue weighted by molar-refractivity contribution is 6.33. The minimum absolute atomic E-state index is 0.146. The van der Waals surface area contributed by atoms with Gasteiger partial charge in [0.15, 0.2) is 0 Å². The Balaban J connectivity index is 1.73. The fourth-order valence-corrected chi connectivity index (χ4v) is 2.22. The van der Waals surface area contributed by atoms with E-state index in [9.17, 15) is 14.0 Å². The van der Waals surface area contributed by atoms with Crippen molar-refractivity contribution in [1.29, 1.82) is 0 Å². The van der Waals surface area contributed by atoms with E-state index >= 15 is 0 Å². The van der Waals surface area contributed by atoms with E-state index in [2.05, 4.69) is 10.6 Å². The predicted octanol–water partition coefficient (Wildman–Crippen LogP) is 2.57. The van der Waals surface area contributed by atoms with E-state index in [0.29, 0.717) is 23.6 Å². The van der Waals surface area contributed by atoms with Gasteiger partial charge in [-0.3, -0.25) is 9.59 Å². The molecule has 0 unspecified atom stereocenters. The number of hydrogen-bond donors (Lipinski definition) is 2. The van der Waals surface area contributed by atoms with Crippen molar-refractivity contribution in [2.24, 2.45) is 0 Å². The van der Waals surface area contributed by atoms with Crippen LogP contribution in [0, 0.1) is 5.82 Å². The van der Waals surface area contributed by atoms with Gasteiger partial charge in [-0.05, 0) is 36.2 Å². The van der Waals surface area contributed by atoms with Gasteiger partial charge in [0.05, 0.1) is 17.1 Å². The smallest absolute Gasteiger partial charge is 0.253 e. The number of carbonyl (C=O) groups is 2. The molecule has 0 bridgehead atoms. The van der Waals surface area contributed by atoms with E-state index in [1.54, 1.807) is 36.4 Å². The lowest BCUT2D eigenvalue weighted by molar-refractivity contribution is -0.120. The summed E-state index contributed by atoms with van der Waals surface area (Å²) in [7, 11) is 0. The lowest BCUT2D eigenvalue weighted by atomic mass is 10.1. The van der Waals surface area contributed by atoms with Gasteiger partial charge in [0, 0.05) is 6.54 Å². The monoisotopic (exact) mass is 334 g/mol. The largest absolute Gasteiger partial charge is 0.354 e. The number of nitrogens with one attached hydrogen (secondary N) is 2. The van der Waals surface area contributed by atoms with Gasteiger partial charge in [-0.15, -0.1) is 0 Å². The van der Waals surface area contributed by atoms with E-state index in [4.69, 9.17) is 11.6 Å². The van der Waals surface area contributed by atoms with Gasteiger partial charge >= 0.3 is 0 Å². The molecule has 0 spiro atoms. The molecule has 0 heterocycles. The molecule has 2 aromatic rings. The molecule has 0 radical (unpaired) electrons. The molecule has 0 aliphatic carbocycles. The summed E-state index contributed by atoms with van der Waals surface area (Å²) in [5.74, 6) is -1.03. The molecule has 120 valence electrons. The van der Waals surface area contributed by atoms with Crippen molar-refractivity contribution in [1.82, 2.24) is 10.6 Å². The first-order chi connectivity index (χ1) is 11.1.